The third-order valence-corrected chi connectivity index (χ3v) is 4.06. The number of hydrogen-bond acceptors (Lipinski definition) is 2. The Morgan fingerprint density at radius 2 is 1.73 bits per heavy atom. The van der Waals surface area contributed by atoms with Gasteiger partial charge in [-0.1, -0.05) is 48.5 Å². The Balaban J connectivity index is 2.25. The number of carboxylic acids is 1. The lowest BCUT2D eigenvalue weighted by Gasteiger charge is -2.22. The highest BCUT2D eigenvalue weighted by molar-refractivity contribution is 5.87. The number of aromatic amines is 1. The van der Waals surface area contributed by atoms with Crippen LogP contribution in [0.1, 0.15) is 22.7 Å². The molecule has 22 heavy (non-hydrogen) atoms. The van der Waals surface area contributed by atoms with Crippen LogP contribution in [-0.4, -0.2) is 22.1 Å². The average molecular weight is 294 g/mol. The molecule has 0 amide bonds. The van der Waals surface area contributed by atoms with Crippen molar-refractivity contribution in [1.29, 1.82) is 0 Å². The van der Waals surface area contributed by atoms with Crippen LogP contribution in [0, 0.1) is 6.92 Å². The van der Waals surface area contributed by atoms with Crippen molar-refractivity contribution in [2.75, 3.05) is 0 Å². The second kappa shape index (κ2) is 5.66. The minimum absolute atomic E-state index is 0.394. The Hall–Kier alpha value is -2.59. The molecule has 4 N–H and O–H groups in total. The smallest absolute Gasteiger partial charge is 0.321 e. The van der Waals surface area contributed by atoms with Crippen molar-refractivity contribution >= 4 is 16.9 Å². The molecule has 0 saturated heterocycles. The molecule has 0 radical (unpaired) electrons. The van der Waals surface area contributed by atoms with E-state index in [1.54, 1.807) is 0 Å². The number of fused-ring (bicyclic) bond motifs is 1. The summed E-state index contributed by atoms with van der Waals surface area (Å²) in [6.45, 7) is 1.96. The number of H-pyrrole nitrogens is 1. The fourth-order valence-corrected chi connectivity index (χ4v) is 3.06. The molecule has 0 aliphatic rings. The van der Waals surface area contributed by atoms with E-state index >= 15 is 0 Å². The summed E-state index contributed by atoms with van der Waals surface area (Å²) in [5.74, 6) is -1.40. The van der Waals surface area contributed by atoms with E-state index in [1.165, 1.54) is 0 Å². The maximum absolute atomic E-state index is 11.5. The monoisotopic (exact) mass is 294 g/mol. The van der Waals surface area contributed by atoms with Crippen LogP contribution in [0.15, 0.2) is 54.6 Å². The normalized spacial score (nSPS) is 13.9. The van der Waals surface area contributed by atoms with Crippen molar-refractivity contribution in [3.8, 4) is 0 Å². The van der Waals surface area contributed by atoms with Gasteiger partial charge in [-0.15, -0.1) is 0 Å². The van der Waals surface area contributed by atoms with Crippen molar-refractivity contribution in [3.05, 3.63) is 71.4 Å². The summed E-state index contributed by atoms with van der Waals surface area (Å²) in [7, 11) is 0. The predicted octanol–water partition coefficient (Wildman–Crippen LogP) is 3.02. The molecule has 0 bridgehead atoms. The molecule has 0 saturated carbocycles. The molecule has 112 valence electrons. The maximum atomic E-state index is 11.5. The summed E-state index contributed by atoms with van der Waals surface area (Å²) in [5.41, 5.74) is 9.84. The molecule has 3 aromatic rings. The van der Waals surface area contributed by atoms with Crippen LogP contribution in [0.3, 0.4) is 0 Å². The van der Waals surface area contributed by atoms with Crippen molar-refractivity contribution in [1.82, 2.24) is 4.98 Å². The van der Waals surface area contributed by atoms with Crippen LogP contribution in [-0.2, 0) is 4.79 Å². The lowest BCUT2D eigenvalue weighted by molar-refractivity contribution is -0.138. The zero-order chi connectivity index (χ0) is 15.7. The first-order valence-electron chi connectivity index (χ1n) is 7.20. The number of nitrogens with one attached hydrogen (secondary N) is 1. The van der Waals surface area contributed by atoms with Gasteiger partial charge in [-0.2, -0.15) is 0 Å². The molecule has 0 fully saturated rings. The number of aryl methyl sites for hydroxylation is 1. The standard InChI is InChI=1S/C18H18N2O2/c1-11-15(13-9-5-6-10-14(13)20-11)16(17(19)18(21)22)12-7-3-2-4-8-12/h2-10,16-17,20H,19H2,1H3,(H,21,22). The zero-order valence-electron chi connectivity index (χ0n) is 12.3. The Labute approximate surface area is 128 Å². The van der Waals surface area contributed by atoms with Crippen LogP contribution in [0.2, 0.25) is 0 Å². The Morgan fingerprint density at radius 1 is 1.09 bits per heavy atom. The average Bonchev–Trinajstić information content (AvgIpc) is 2.85. The van der Waals surface area contributed by atoms with Gasteiger partial charge >= 0.3 is 5.97 Å². The fraction of sp³-hybridized carbons (Fsp3) is 0.167. The molecule has 2 unspecified atom stereocenters. The molecule has 3 rings (SSSR count). The molecule has 2 aromatic carbocycles. The highest BCUT2D eigenvalue weighted by Crippen LogP contribution is 2.35. The number of aromatic nitrogens is 1. The van der Waals surface area contributed by atoms with Gasteiger partial charge in [-0.05, 0) is 24.1 Å². The van der Waals surface area contributed by atoms with Crippen molar-refractivity contribution in [2.45, 2.75) is 18.9 Å². The van der Waals surface area contributed by atoms with E-state index in [1.807, 2.05) is 61.5 Å². The van der Waals surface area contributed by atoms with Gasteiger partial charge in [0.2, 0.25) is 0 Å². The molecule has 2 atom stereocenters. The summed E-state index contributed by atoms with van der Waals surface area (Å²) >= 11 is 0. The lowest BCUT2D eigenvalue weighted by atomic mass is 9.84. The number of nitrogens with two attached hydrogens (primary N) is 1. The van der Waals surface area contributed by atoms with Crippen molar-refractivity contribution in [2.24, 2.45) is 5.73 Å². The molecular weight excluding hydrogens is 276 g/mol. The summed E-state index contributed by atoms with van der Waals surface area (Å²) in [6.07, 6.45) is 0. The van der Waals surface area contributed by atoms with Gasteiger partial charge < -0.3 is 15.8 Å². The lowest BCUT2D eigenvalue weighted by Crippen LogP contribution is -2.37. The van der Waals surface area contributed by atoms with Crippen molar-refractivity contribution in [3.63, 3.8) is 0 Å². The highest BCUT2D eigenvalue weighted by atomic mass is 16.4. The molecule has 0 aliphatic carbocycles. The van der Waals surface area contributed by atoms with Crippen LogP contribution in [0.5, 0.6) is 0 Å². The summed E-state index contributed by atoms with van der Waals surface area (Å²) < 4.78 is 0. The molecule has 1 aromatic heterocycles. The van der Waals surface area contributed by atoms with Crippen LogP contribution >= 0.6 is 0 Å². The minimum atomic E-state index is -1.00. The summed E-state index contributed by atoms with van der Waals surface area (Å²) in [4.78, 5) is 14.8. The van der Waals surface area contributed by atoms with Gasteiger partial charge in [0.25, 0.3) is 0 Å². The number of carboxylic acid groups (broad SMARTS) is 1. The van der Waals surface area contributed by atoms with Gasteiger partial charge in [0.1, 0.15) is 6.04 Å². The van der Waals surface area contributed by atoms with Crippen LogP contribution < -0.4 is 5.73 Å². The Kier molecular flexibility index (Phi) is 3.69. The quantitative estimate of drug-likeness (QED) is 0.692. The van der Waals surface area contributed by atoms with Gasteiger partial charge in [-0.3, -0.25) is 4.79 Å². The van der Waals surface area contributed by atoms with E-state index in [9.17, 15) is 9.90 Å². The molecule has 0 aliphatic heterocycles. The molecular formula is C18H18N2O2. The zero-order valence-corrected chi connectivity index (χ0v) is 12.3. The van der Waals surface area contributed by atoms with Gasteiger partial charge in [-0.25, -0.2) is 0 Å². The second-order valence-corrected chi connectivity index (χ2v) is 5.46. The highest BCUT2D eigenvalue weighted by Gasteiger charge is 2.30. The molecule has 1 heterocycles. The number of rotatable bonds is 4. The number of carbonyl (C=O) groups is 1. The van der Waals surface area contributed by atoms with Gasteiger partial charge in [0, 0.05) is 22.5 Å². The maximum Gasteiger partial charge on any atom is 0.321 e. The summed E-state index contributed by atoms with van der Waals surface area (Å²) in [6, 6.07) is 16.5. The molecule has 0 spiro atoms. The fourth-order valence-electron chi connectivity index (χ4n) is 3.06. The number of benzene rings is 2. The topological polar surface area (TPSA) is 79.1 Å². The van der Waals surface area contributed by atoms with Gasteiger partial charge in [0.15, 0.2) is 0 Å². The van der Waals surface area contributed by atoms with E-state index in [-0.39, 0.29) is 0 Å². The first-order valence-corrected chi connectivity index (χ1v) is 7.20. The van der Waals surface area contributed by atoms with E-state index < -0.39 is 17.9 Å². The molecule has 4 heteroatoms. The first-order chi connectivity index (χ1) is 10.6. The third-order valence-electron chi connectivity index (χ3n) is 4.06. The van der Waals surface area contributed by atoms with Crippen molar-refractivity contribution < 1.29 is 9.90 Å². The van der Waals surface area contributed by atoms with E-state index in [4.69, 9.17) is 5.73 Å². The number of para-hydroxylation sites is 1. The third kappa shape index (κ3) is 2.38. The summed E-state index contributed by atoms with van der Waals surface area (Å²) in [5, 5.41) is 10.5. The van der Waals surface area contributed by atoms with E-state index in [0.717, 1.165) is 27.7 Å². The van der Waals surface area contributed by atoms with Gasteiger partial charge in [0.05, 0.1) is 0 Å². The Bertz CT molecular complexity index is 808. The molecule has 4 nitrogen and oxygen atoms in total. The van der Waals surface area contributed by atoms with E-state index in [0.29, 0.717) is 0 Å². The largest absolute Gasteiger partial charge is 0.480 e. The SMILES string of the molecule is Cc1[nH]c2ccccc2c1C(c1ccccc1)C(N)C(=O)O. The first kappa shape index (κ1) is 14.4. The van der Waals surface area contributed by atoms with Crippen LogP contribution in [0.4, 0.5) is 0 Å². The second-order valence-electron chi connectivity index (χ2n) is 5.46. The predicted molar refractivity (Wildman–Crippen MR) is 86.9 cm³/mol. The Morgan fingerprint density at radius 3 is 2.41 bits per heavy atom. The number of hydrogen-bond donors (Lipinski definition) is 3. The minimum Gasteiger partial charge on any atom is -0.480 e. The van der Waals surface area contributed by atoms with E-state index in [2.05, 4.69) is 4.98 Å². The number of aliphatic carboxylic acids is 1. The van der Waals surface area contributed by atoms with Crippen LogP contribution in [0.25, 0.3) is 10.9 Å².